The highest BCUT2D eigenvalue weighted by Gasteiger charge is 2.29. The van der Waals surface area contributed by atoms with E-state index in [0.29, 0.717) is 12.2 Å². The number of hydrogen-bond acceptors (Lipinski definition) is 5. The Hall–Kier alpha value is -2.25. The minimum absolute atomic E-state index is 0.0139. The molecule has 1 unspecified atom stereocenters. The van der Waals surface area contributed by atoms with Crippen LogP contribution in [0.3, 0.4) is 0 Å². The summed E-state index contributed by atoms with van der Waals surface area (Å²) in [4.78, 5) is 27.7. The van der Waals surface area contributed by atoms with E-state index in [4.69, 9.17) is 21.1 Å². The molecule has 1 aromatic carbocycles. The smallest absolute Gasteiger partial charge is 0.341 e. The molecular formula is C18H19ClN2O4S. The summed E-state index contributed by atoms with van der Waals surface area (Å²) >= 11 is 7.97. The number of thiophene rings is 1. The lowest BCUT2D eigenvalue weighted by Gasteiger charge is -2.33. The van der Waals surface area contributed by atoms with Crippen LogP contribution in [0.2, 0.25) is 5.02 Å². The number of esters is 1. The summed E-state index contributed by atoms with van der Waals surface area (Å²) in [6, 6.07) is 4.75. The Balaban J connectivity index is 1.83. The van der Waals surface area contributed by atoms with Gasteiger partial charge >= 0.3 is 12.0 Å². The molecule has 2 aromatic rings. The summed E-state index contributed by atoms with van der Waals surface area (Å²) in [6.07, 6.45) is 0.836. The van der Waals surface area contributed by atoms with Gasteiger partial charge in [0.2, 0.25) is 0 Å². The van der Waals surface area contributed by atoms with Crippen LogP contribution in [-0.4, -0.2) is 37.7 Å². The molecule has 0 radical (unpaired) electrons. The Labute approximate surface area is 160 Å². The van der Waals surface area contributed by atoms with Crippen molar-refractivity contribution >= 4 is 40.6 Å². The van der Waals surface area contributed by atoms with Crippen LogP contribution in [0.15, 0.2) is 23.6 Å². The van der Waals surface area contributed by atoms with Crippen molar-refractivity contribution < 1.29 is 19.1 Å². The molecule has 0 aliphatic carbocycles. The fourth-order valence-electron chi connectivity index (χ4n) is 3.06. The number of anilines is 1. The number of nitrogens with one attached hydrogen (secondary N) is 1. The molecule has 0 bridgehead atoms. The molecule has 0 saturated carbocycles. The largest absolute Gasteiger partial charge is 0.496 e. The van der Waals surface area contributed by atoms with Gasteiger partial charge in [-0.05, 0) is 36.4 Å². The van der Waals surface area contributed by atoms with Gasteiger partial charge in [0, 0.05) is 17.5 Å². The van der Waals surface area contributed by atoms with E-state index in [2.05, 4.69) is 16.8 Å². The number of benzene rings is 1. The van der Waals surface area contributed by atoms with Crippen molar-refractivity contribution in [2.75, 3.05) is 26.1 Å². The van der Waals surface area contributed by atoms with Crippen LogP contribution < -0.4 is 10.1 Å². The first-order valence-electron chi connectivity index (χ1n) is 8.06. The predicted octanol–water partition coefficient (Wildman–Crippen LogP) is 4.35. The third-order valence-electron chi connectivity index (χ3n) is 4.47. The Morgan fingerprint density at radius 1 is 1.35 bits per heavy atom. The molecule has 3 rings (SSSR count). The summed E-state index contributed by atoms with van der Waals surface area (Å²) in [5.41, 5.74) is 1.76. The minimum Gasteiger partial charge on any atom is -0.496 e. The van der Waals surface area contributed by atoms with Crippen LogP contribution in [0.1, 0.15) is 33.8 Å². The van der Waals surface area contributed by atoms with E-state index in [1.807, 2.05) is 6.92 Å². The molecule has 1 aromatic heterocycles. The molecule has 26 heavy (non-hydrogen) atoms. The first-order valence-corrected chi connectivity index (χ1v) is 9.31. The molecule has 1 atom stereocenters. The topological polar surface area (TPSA) is 67.9 Å². The van der Waals surface area contributed by atoms with Gasteiger partial charge in [-0.3, -0.25) is 0 Å². The maximum Gasteiger partial charge on any atom is 0.341 e. The second kappa shape index (κ2) is 7.55. The standard InChI is InChI=1S/C18H19ClN2O4S/c1-10-11-5-7-26-16(11)4-6-21(10)18(23)20-14-9-15(24-2)12(8-13(14)19)17(22)25-3/h5,7-10H,4,6H2,1-3H3,(H,20,23). The lowest BCUT2D eigenvalue weighted by Crippen LogP contribution is -2.41. The third-order valence-corrected chi connectivity index (χ3v) is 5.78. The number of carbonyl (C=O) groups is 2. The summed E-state index contributed by atoms with van der Waals surface area (Å²) in [7, 11) is 2.72. The van der Waals surface area contributed by atoms with Gasteiger partial charge in [-0.1, -0.05) is 11.6 Å². The number of methoxy groups -OCH3 is 2. The van der Waals surface area contributed by atoms with Crippen molar-refractivity contribution in [3.63, 3.8) is 0 Å². The van der Waals surface area contributed by atoms with E-state index in [0.717, 1.165) is 6.42 Å². The molecule has 2 amide bonds. The fourth-order valence-corrected chi connectivity index (χ4v) is 4.24. The molecule has 1 N–H and O–H groups in total. The number of hydrogen-bond donors (Lipinski definition) is 1. The molecule has 6 nitrogen and oxygen atoms in total. The quantitative estimate of drug-likeness (QED) is 0.786. The highest BCUT2D eigenvalue weighted by atomic mass is 35.5. The predicted molar refractivity (Wildman–Crippen MR) is 102 cm³/mol. The number of carbonyl (C=O) groups excluding carboxylic acids is 2. The molecule has 0 spiro atoms. The Bertz CT molecular complexity index is 852. The van der Waals surface area contributed by atoms with E-state index in [1.54, 1.807) is 16.2 Å². The SMILES string of the molecule is COC(=O)c1cc(Cl)c(NC(=O)N2CCc3sccc3C2C)cc1OC. The number of rotatable bonds is 3. The summed E-state index contributed by atoms with van der Waals surface area (Å²) in [5.74, 6) is -0.278. The third kappa shape index (κ3) is 3.37. The lowest BCUT2D eigenvalue weighted by molar-refractivity contribution is 0.0597. The number of amides is 2. The fraction of sp³-hybridized carbons (Fsp3) is 0.333. The van der Waals surface area contributed by atoms with E-state index >= 15 is 0 Å². The van der Waals surface area contributed by atoms with Crippen LogP contribution in [0.5, 0.6) is 5.75 Å². The zero-order valence-electron chi connectivity index (χ0n) is 14.7. The van der Waals surface area contributed by atoms with Crippen molar-refractivity contribution in [1.29, 1.82) is 0 Å². The Morgan fingerprint density at radius 3 is 2.81 bits per heavy atom. The van der Waals surface area contributed by atoms with E-state index < -0.39 is 5.97 Å². The van der Waals surface area contributed by atoms with Crippen LogP contribution in [0.25, 0.3) is 0 Å². The molecule has 1 aliphatic rings. The zero-order valence-corrected chi connectivity index (χ0v) is 16.2. The molecule has 0 fully saturated rings. The summed E-state index contributed by atoms with van der Waals surface area (Å²) in [6.45, 7) is 2.64. The normalized spacial score (nSPS) is 16.0. The first kappa shape index (κ1) is 18.5. The molecule has 8 heteroatoms. The molecule has 138 valence electrons. The lowest BCUT2D eigenvalue weighted by atomic mass is 10.0. The van der Waals surface area contributed by atoms with Crippen molar-refractivity contribution in [3.05, 3.63) is 44.6 Å². The molecule has 0 saturated heterocycles. The van der Waals surface area contributed by atoms with Crippen molar-refractivity contribution in [2.45, 2.75) is 19.4 Å². The maximum atomic E-state index is 12.8. The Kier molecular flexibility index (Phi) is 5.38. The van der Waals surface area contributed by atoms with E-state index in [9.17, 15) is 9.59 Å². The van der Waals surface area contributed by atoms with Gasteiger partial charge in [0.15, 0.2) is 0 Å². The average Bonchev–Trinajstić information content (AvgIpc) is 3.12. The second-order valence-corrected chi connectivity index (χ2v) is 7.28. The van der Waals surface area contributed by atoms with Gasteiger partial charge < -0.3 is 19.7 Å². The molecule has 1 aliphatic heterocycles. The summed E-state index contributed by atoms with van der Waals surface area (Å²) in [5, 5.41) is 5.11. The van der Waals surface area contributed by atoms with Gasteiger partial charge in [0.1, 0.15) is 11.3 Å². The zero-order chi connectivity index (χ0) is 18.8. The monoisotopic (exact) mass is 394 g/mol. The molecular weight excluding hydrogens is 376 g/mol. The Morgan fingerprint density at radius 2 is 2.12 bits per heavy atom. The number of nitrogens with zero attached hydrogens (tertiary/aromatic N) is 1. The van der Waals surface area contributed by atoms with Crippen molar-refractivity contribution in [1.82, 2.24) is 4.90 Å². The van der Waals surface area contributed by atoms with Crippen molar-refractivity contribution in [2.24, 2.45) is 0 Å². The van der Waals surface area contributed by atoms with Crippen LogP contribution in [0.4, 0.5) is 10.5 Å². The number of halogens is 1. The van der Waals surface area contributed by atoms with Crippen molar-refractivity contribution in [3.8, 4) is 5.75 Å². The highest BCUT2D eigenvalue weighted by Crippen LogP contribution is 2.35. The van der Waals surface area contributed by atoms with Gasteiger partial charge in [0.05, 0.1) is 31.0 Å². The maximum absolute atomic E-state index is 12.8. The number of urea groups is 1. The molecule has 2 heterocycles. The number of fused-ring (bicyclic) bond motifs is 1. The van der Waals surface area contributed by atoms with Crippen LogP contribution >= 0.6 is 22.9 Å². The van der Waals surface area contributed by atoms with Gasteiger partial charge in [0.25, 0.3) is 0 Å². The average molecular weight is 395 g/mol. The second-order valence-electron chi connectivity index (χ2n) is 5.87. The summed E-state index contributed by atoms with van der Waals surface area (Å²) < 4.78 is 9.94. The van der Waals surface area contributed by atoms with Gasteiger partial charge in [-0.15, -0.1) is 11.3 Å². The van der Waals surface area contributed by atoms with E-state index in [-0.39, 0.29) is 28.4 Å². The van der Waals surface area contributed by atoms with Crippen LogP contribution in [0, 0.1) is 0 Å². The minimum atomic E-state index is -0.559. The van der Waals surface area contributed by atoms with Crippen LogP contribution in [-0.2, 0) is 11.2 Å². The van der Waals surface area contributed by atoms with Gasteiger partial charge in [-0.2, -0.15) is 0 Å². The van der Waals surface area contributed by atoms with Gasteiger partial charge in [-0.25, -0.2) is 9.59 Å². The number of ether oxygens (including phenoxy) is 2. The highest BCUT2D eigenvalue weighted by molar-refractivity contribution is 7.10. The first-order chi connectivity index (χ1) is 12.5. The van der Waals surface area contributed by atoms with E-state index in [1.165, 1.54) is 36.8 Å².